The molecule has 0 radical (unpaired) electrons. The van der Waals surface area contributed by atoms with Crippen LogP contribution in [0, 0.1) is 18.3 Å². The summed E-state index contributed by atoms with van der Waals surface area (Å²) in [6, 6.07) is 9.80. The summed E-state index contributed by atoms with van der Waals surface area (Å²) in [5.41, 5.74) is 1.10. The Labute approximate surface area is 153 Å². The van der Waals surface area contributed by atoms with E-state index < -0.39 is 8.32 Å². The lowest BCUT2D eigenvalue weighted by molar-refractivity contribution is -0.162. The molecule has 1 aromatic rings. The highest BCUT2D eigenvalue weighted by Crippen LogP contribution is 2.42. The summed E-state index contributed by atoms with van der Waals surface area (Å²) < 4.78 is 6.44. The molecule has 136 valence electrons. The van der Waals surface area contributed by atoms with Gasteiger partial charge in [0.2, 0.25) is 5.91 Å². The molecule has 2 rings (SSSR count). The fourth-order valence-electron chi connectivity index (χ4n) is 3.22. The van der Waals surface area contributed by atoms with Gasteiger partial charge in [-0.3, -0.25) is 4.79 Å². The van der Waals surface area contributed by atoms with Crippen LogP contribution in [0.3, 0.4) is 0 Å². The van der Waals surface area contributed by atoms with Gasteiger partial charge in [0.1, 0.15) is 6.04 Å². The zero-order valence-electron chi connectivity index (χ0n) is 16.5. The quantitative estimate of drug-likeness (QED) is 0.437. The number of hydrogen-bond donors (Lipinski definition) is 0. The number of carbonyl (C=O) groups is 1. The van der Waals surface area contributed by atoms with Crippen molar-refractivity contribution in [2.45, 2.75) is 70.9 Å². The summed E-state index contributed by atoms with van der Waals surface area (Å²) >= 11 is 0. The van der Waals surface area contributed by atoms with E-state index in [1.54, 1.807) is 0 Å². The van der Waals surface area contributed by atoms with Crippen LogP contribution in [-0.2, 0) is 9.22 Å². The van der Waals surface area contributed by atoms with Crippen molar-refractivity contribution in [1.82, 2.24) is 4.90 Å². The Morgan fingerprint density at radius 1 is 1.20 bits per heavy atom. The molecule has 1 amide bonds. The van der Waals surface area contributed by atoms with Crippen LogP contribution in [-0.4, -0.2) is 31.3 Å². The Morgan fingerprint density at radius 3 is 2.24 bits per heavy atom. The van der Waals surface area contributed by atoms with Gasteiger partial charge in [0.15, 0.2) is 8.32 Å². The molecule has 25 heavy (non-hydrogen) atoms. The lowest BCUT2D eigenvalue weighted by Crippen LogP contribution is -2.65. The third-order valence-corrected chi connectivity index (χ3v) is 10.4. The first-order valence-corrected chi connectivity index (χ1v) is 11.9. The minimum absolute atomic E-state index is 0.0222. The summed E-state index contributed by atoms with van der Waals surface area (Å²) in [5, 5.41) is 0.108. The molecule has 0 saturated carbocycles. The van der Waals surface area contributed by atoms with E-state index in [4.69, 9.17) is 10.8 Å². The van der Waals surface area contributed by atoms with Crippen LogP contribution in [0.25, 0.3) is 0 Å². The summed E-state index contributed by atoms with van der Waals surface area (Å²) in [7, 11) is -1.94. The third-order valence-electron chi connectivity index (χ3n) is 5.84. The SMILES string of the molecule is C#C[C@@H]1[C@H](C(C)O[Si](C)(C)C(C)(C)C)C(=O)N1[C@H](C)c1ccccc1. The monoisotopic (exact) mass is 357 g/mol. The predicted octanol–water partition coefficient (Wildman–Crippen LogP) is 4.62. The Bertz CT molecular complexity index is 657. The van der Waals surface area contributed by atoms with Crippen LogP contribution in [0.4, 0.5) is 0 Å². The van der Waals surface area contributed by atoms with Gasteiger partial charge < -0.3 is 9.33 Å². The molecular weight excluding hydrogens is 326 g/mol. The minimum atomic E-state index is -1.94. The first-order chi connectivity index (χ1) is 11.5. The zero-order chi connectivity index (χ0) is 19.0. The highest BCUT2D eigenvalue weighted by Gasteiger charge is 2.53. The van der Waals surface area contributed by atoms with E-state index in [2.05, 4.69) is 39.8 Å². The minimum Gasteiger partial charge on any atom is -0.413 e. The number of rotatable bonds is 5. The maximum absolute atomic E-state index is 12.9. The Balaban J connectivity index is 2.15. The predicted molar refractivity (Wildman–Crippen MR) is 106 cm³/mol. The summed E-state index contributed by atoms with van der Waals surface area (Å²) in [6.07, 6.45) is 5.63. The zero-order valence-corrected chi connectivity index (χ0v) is 17.5. The van der Waals surface area contributed by atoms with Crippen molar-refractivity contribution in [1.29, 1.82) is 0 Å². The summed E-state index contributed by atoms with van der Waals surface area (Å²) in [4.78, 5) is 14.7. The van der Waals surface area contributed by atoms with Gasteiger partial charge in [-0.15, -0.1) is 6.42 Å². The topological polar surface area (TPSA) is 29.5 Å². The standard InChI is InChI=1S/C21H31NO2Si/c1-9-18-19(16(3)24-25(7,8)21(4,5)6)20(23)22(18)15(2)17-13-11-10-12-14-17/h1,10-16,18-19H,2-8H3/t15-,16?,18-,19+/m1/s1. The number of β-lactam (4-membered cyclic amide) rings is 1. The van der Waals surface area contributed by atoms with Gasteiger partial charge in [-0.1, -0.05) is 57.0 Å². The van der Waals surface area contributed by atoms with Gasteiger partial charge in [-0.05, 0) is 37.5 Å². The van der Waals surface area contributed by atoms with Gasteiger partial charge in [0.25, 0.3) is 0 Å². The van der Waals surface area contributed by atoms with E-state index in [1.807, 2.05) is 49.1 Å². The van der Waals surface area contributed by atoms with Crippen molar-refractivity contribution in [2.75, 3.05) is 0 Å². The van der Waals surface area contributed by atoms with Crippen LogP contribution in [0.5, 0.6) is 0 Å². The van der Waals surface area contributed by atoms with E-state index in [9.17, 15) is 4.79 Å². The largest absolute Gasteiger partial charge is 0.413 e. The fourth-order valence-corrected chi connectivity index (χ4v) is 4.64. The van der Waals surface area contributed by atoms with Gasteiger partial charge >= 0.3 is 0 Å². The second kappa shape index (κ2) is 6.97. The Morgan fingerprint density at radius 2 is 1.76 bits per heavy atom. The Hall–Kier alpha value is -1.57. The third kappa shape index (κ3) is 3.68. The molecule has 1 heterocycles. The second-order valence-electron chi connectivity index (χ2n) is 8.55. The van der Waals surface area contributed by atoms with E-state index in [1.165, 1.54) is 0 Å². The van der Waals surface area contributed by atoms with Crippen LogP contribution in [0.15, 0.2) is 30.3 Å². The fraction of sp³-hybridized carbons (Fsp3) is 0.571. The molecule has 4 heteroatoms. The number of hydrogen-bond acceptors (Lipinski definition) is 2. The maximum atomic E-state index is 12.9. The van der Waals surface area contributed by atoms with E-state index in [0.717, 1.165) is 5.56 Å². The van der Waals surface area contributed by atoms with E-state index in [0.29, 0.717) is 0 Å². The van der Waals surface area contributed by atoms with Crippen molar-refractivity contribution in [3.8, 4) is 12.3 Å². The van der Waals surface area contributed by atoms with Gasteiger partial charge in [-0.2, -0.15) is 0 Å². The van der Waals surface area contributed by atoms with Gasteiger partial charge in [0.05, 0.1) is 18.1 Å². The van der Waals surface area contributed by atoms with Crippen molar-refractivity contribution < 1.29 is 9.22 Å². The lowest BCUT2D eigenvalue weighted by atomic mass is 9.81. The van der Waals surface area contributed by atoms with Crippen molar-refractivity contribution in [3.05, 3.63) is 35.9 Å². The first kappa shape index (κ1) is 19.7. The summed E-state index contributed by atoms with van der Waals surface area (Å²) in [6.45, 7) is 15.1. The maximum Gasteiger partial charge on any atom is 0.232 e. The number of carbonyl (C=O) groups excluding carboxylic acids is 1. The molecule has 0 N–H and O–H groups in total. The average molecular weight is 358 g/mol. The van der Waals surface area contributed by atoms with Gasteiger partial charge in [-0.25, -0.2) is 0 Å². The van der Waals surface area contributed by atoms with Crippen LogP contribution < -0.4 is 0 Å². The molecule has 3 nitrogen and oxygen atoms in total. The molecule has 1 aliphatic heterocycles. The smallest absolute Gasteiger partial charge is 0.232 e. The molecule has 0 aromatic heterocycles. The molecule has 1 aliphatic rings. The average Bonchev–Trinajstić information content (AvgIpc) is 2.51. The molecular formula is C21H31NO2Si. The number of terminal acetylenes is 1. The highest BCUT2D eigenvalue weighted by atomic mass is 28.4. The van der Waals surface area contributed by atoms with Crippen molar-refractivity contribution >= 4 is 14.2 Å². The normalized spacial score (nSPS) is 23.6. The molecule has 1 unspecified atom stereocenters. The van der Waals surface area contributed by atoms with Crippen LogP contribution >= 0.6 is 0 Å². The van der Waals surface area contributed by atoms with Gasteiger partial charge in [0, 0.05) is 0 Å². The van der Waals surface area contributed by atoms with E-state index in [-0.39, 0.29) is 35.1 Å². The van der Waals surface area contributed by atoms with Crippen LogP contribution in [0.2, 0.25) is 18.1 Å². The second-order valence-corrected chi connectivity index (χ2v) is 13.3. The number of likely N-dealkylation sites (tertiary alicyclic amines) is 1. The summed E-state index contributed by atoms with van der Waals surface area (Å²) in [5.74, 6) is 2.69. The number of amides is 1. The molecule has 4 atom stereocenters. The molecule has 0 bridgehead atoms. The number of benzene rings is 1. The Kier molecular flexibility index (Phi) is 5.51. The van der Waals surface area contributed by atoms with Crippen LogP contribution in [0.1, 0.15) is 46.2 Å². The van der Waals surface area contributed by atoms with E-state index >= 15 is 0 Å². The molecule has 0 spiro atoms. The molecule has 1 saturated heterocycles. The molecule has 0 aliphatic carbocycles. The first-order valence-electron chi connectivity index (χ1n) is 9.02. The molecule has 1 aromatic carbocycles. The van der Waals surface area contributed by atoms with Crippen molar-refractivity contribution in [2.24, 2.45) is 5.92 Å². The molecule has 1 fully saturated rings. The lowest BCUT2D eigenvalue weighted by Gasteiger charge is -2.51. The number of nitrogens with zero attached hydrogens (tertiary/aromatic N) is 1. The van der Waals surface area contributed by atoms with Crippen molar-refractivity contribution in [3.63, 3.8) is 0 Å². The highest BCUT2D eigenvalue weighted by molar-refractivity contribution is 6.74.